The van der Waals surface area contributed by atoms with Gasteiger partial charge in [0.1, 0.15) is 4.90 Å². The Hall–Kier alpha value is -1.12. The average Bonchev–Trinajstić information content (AvgIpc) is 2.95. The number of nitrogen functional groups attached to an aromatic ring is 1. The fourth-order valence-electron chi connectivity index (χ4n) is 2.60. The van der Waals surface area contributed by atoms with Crippen LogP contribution in [0.4, 0.5) is 5.82 Å². The van der Waals surface area contributed by atoms with E-state index in [2.05, 4.69) is 5.10 Å². The number of aromatic nitrogens is 2. The summed E-state index contributed by atoms with van der Waals surface area (Å²) in [6.45, 7) is -0.1000. The van der Waals surface area contributed by atoms with E-state index in [0.717, 1.165) is 25.7 Å². The first-order valence-electron chi connectivity index (χ1n) is 6.38. The molecule has 0 bridgehead atoms. The number of aliphatic hydroxyl groups is 1. The molecule has 1 saturated carbocycles. The molecule has 0 aromatic carbocycles. The Morgan fingerprint density at radius 2 is 2.16 bits per heavy atom. The highest BCUT2D eigenvalue weighted by Crippen LogP contribution is 2.29. The van der Waals surface area contributed by atoms with Gasteiger partial charge in [-0.25, -0.2) is 8.42 Å². The highest BCUT2D eigenvalue weighted by molar-refractivity contribution is 7.89. The van der Waals surface area contributed by atoms with Gasteiger partial charge in [-0.15, -0.1) is 0 Å². The van der Waals surface area contributed by atoms with Gasteiger partial charge in [-0.1, -0.05) is 12.8 Å². The average molecular weight is 288 g/mol. The molecule has 0 amide bonds. The molecule has 0 unspecified atom stereocenters. The van der Waals surface area contributed by atoms with Crippen LogP contribution in [0.25, 0.3) is 0 Å². The van der Waals surface area contributed by atoms with Crippen LogP contribution in [0.2, 0.25) is 0 Å². The molecule has 8 heteroatoms. The Balaban J connectivity index is 2.36. The van der Waals surface area contributed by atoms with Crippen molar-refractivity contribution in [2.75, 3.05) is 18.9 Å². The number of hydrogen-bond donors (Lipinski definition) is 2. The van der Waals surface area contributed by atoms with Crippen LogP contribution in [0.1, 0.15) is 25.7 Å². The van der Waals surface area contributed by atoms with Crippen LogP contribution in [-0.2, 0) is 17.1 Å². The van der Waals surface area contributed by atoms with Crippen LogP contribution in [0, 0.1) is 0 Å². The van der Waals surface area contributed by atoms with E-state index >= 15 is 0 Å². The molecule has 0 spiro atoms. The van der Waals surface area contributed by atoms with Crippen molar-refractivity contribution in [1.82, 2.24) is 14.1 Å². The molecule has 3 N–H and O–H groups in total. The minimum absolute atomic E-state index is 0.00318. The van der Waals surface area contributed by atoms with Crippen molar-refractivity contribution in [2.45, 2.75) is 36.6 Å². The molecule has 1 aliphatic carbocycles. The minimum atomic E-state index is -3.69. The van der Waals surface area contributed by atoms with Crippen LogP contribution in [0.3, 0.4) is 0 Å². The third-order valence-electron chi connectivity index (χ3n) is 3.46. The van der Waals surface area contributed by atoms with Gasteiger partial charge in [0.2, 0.25) is 10.0 Å². The van der Waals surface area contributed by atoms with Crippen LogP contribution in [0.15, 0.2) is 11.1 Å². The highest BCUT2D eigenvalue weighted by atomic mass is 32.2. The van der Waals surface area contributed by atoms with E-state index in [4.69, 9.17) is 10.8 Å². The molecule has 1 aliphatic rings. The zero-order valence-corrected chi connectivity index (χ0v) is 11.8. The molecule has 0 saturated heterocycles. The largest absolute Gasteiger partial charge is 0.395 e. The molecule has 7 nitrogen and oxygen atoms in total. The van der Waals surface area contributed by atoms with Crippen molar-refractivity contribution in [3.05, 3.63) is 6.20 Å². The number of aryl methyl sites for hydroxylation is 1. The van der Waals surface area contributed by atoms with Gasteiger partial charge in [0.15, 0.2) is 5.82 Å². The monoisotopic (exact) mass is 288 g/mol. The number of sulfonamides is 1. The minimum Gasteiger partial charge on any atom is -0.395 e. The number of nitrogens with zero attached hydrogens (tertiary/aromatic N) is 3. The lowest BCUT2D eigenvalue weighted by Gasteiger charge is -2.26. The standard InChI is InChI=1S/C11H20N4O3S/c1-14-8-10(11(12)13-14)19(17,18)15(6-7-16)9-4-2-3-5-9/h8-9,16H,2-7H2,1H3,(H2,12,13). The number of aliphatic hydroxyl groups excluding tert-OH is 1. The Bertz CT molecular complexity index is 534. The summed E-state index contributed by atoms with van der Waals surface area (Å²) in [5.74, 6) is 0.00318. The van der Waals surface area contributed by atoms with Gasteiger partial charge in [0.05, 0.1) is 6.61 Å². The maximum atomic E-state index is 12.6. The van der Waals surface area contributed by atoms with Crippen LogP contribution in [-0.4, -0.2) is 46.8 Å². The molecular formula is C11H20N4O3S. The van der Waals surface area contributed by atoms with E-state index < -0.39 is 10.0 Å². The van der Waals surface area contributed by atoms with Gasteiger partial charge < -0.3 is 10.8 Å². The van der Waals surface area contributed by atoms with Crippen molar-refractivity contribution in [2.24, 2.45) is 7.05 Å². The molecule has 0 radical (unpaired) electrons. The molecule has 0 aliphatic heterocycles. The van der Waals surface area contributed by atoms with E-state index in [0.29, 0.717) is 0 Å². The summed E-state index contributed by atoms with van der Waals surface area (Å²) in [7, 11) is -2.07. The summed E-state index contributed by atoms with van der Waals surface area (Å²) in [4.78, 5) is 0.0235. The van der Waals surface area contributed by atoms with Crippen LogP contribution >= 0.6 is 0 Å². The summed E-state index contributed by atoms with van der Waals surface area (Å²) in [6, 6.07) is -0.0447. The van der Waals surface area contributed by atoms with Crippen molar-refractivity contribution in [3.8, 4) is 0 Å². The lowest BCUT2D eigenvalue weighted by atomic mass is 10.2. The third-order valence-corrected chi connectivity index (χ3v) is 5.43. The highest BCUT2D eigenvalue weighted by Gasteiger charge is 2.35. The first-order valence-corrected chi connectivity index (χ1v) is 7.82. The van der Waals surface area contributed by atoms with Crippen molar-refractivity contribution < 1.29 is 13.5 Å². The second kappa shape index (κ2) is 5.48. The first kappa shape index (κ1) is 14.3. The molecule has 1 aromatic heterocycles. The number of rotatable bonds is 5. The normalized spacial score (nSPS) is 17.4. The summed E-state index contributed by atoms with van der Waals surface area (Å²) in [6.07, 6.45) is 5.11. The Kier molecular flexibility index (Phi) is 4.12. The summed E-state index contributed by atoms with van der Waals surface area (Å²) >= 11 is 0. The fraction of sp³-hybridized carbons (Fsp3) is 0.727. The van der Waals surface area contributed by atoms with Gasteiger partial charge in [-0.05, 0) is 12.8 Å². The molecule has 0 atom stereocenters. The first-order chi connectivity index (χ1) is 8.96. The zero-order valence-electron chi connectivity index (χ0n) is 11.0. The molecule has 2 rings (SSSR count). The quantitative estimate of drug-likeness (QED) is 0.789. The summed E-state index contributed by atoms with van der Waals surface area (Å²) in [5, 5.41) is 13.0. The Morgan fingerprint density at radius 3 is 2.63 bits per heavy atom. The topological polar surface area (TPSA) is 101 Å². The number of anilines is 1. The van der Waals surface area contributed by atoms with E-state index in [9.17, 15) is 8.42 Å². The maximum absolute atomic E-state index is 12.6. The van der Waals surface area contributed by atoms with E-state index in [1.165, 1.54) is 15.2 Å². The second-order valence-electron chi connectivity index (χ2n) is 4.83. The van der Waals surface area contributed by atoms with Gasteiger partial charge in [-0.3, -0.25) is 4.68 Å². The SMILES string of the molecule is Cn1cc(S(=O)(=O)N(CCO)C2CCCC2)c(N)n1. The van der Waals surface area contributed by atoms with E-state index in [1.54, 1.807) is 7.05 Å². The zero-order chi connectivity index (χ0) is 14.0. The Labute approximate surface area is 113 Å². The predicted molar refractivity (Wildman–Crippen MR) is 70.9 cm³/mol. The van der Waals surface area contributed by atoms with Crippen LogP contribution < -0.4 is 5.73 Å². The van der Waals surface area contributed by atoms with Gasteiger partial charge in [0.25, 0.3) is 0 Å². The number of hydrogen-bond acceptors (Lipinski definition) is 5. The lowest BCUT2D eigenvalue weighted by molar-refractivity contribution is 0.226. The summed E-state index contributed by atoms with van der Waals surface area (Å²) < 4.78 is 28.0. The van der Waals surface area contributed by atoms with Gasteiger partial charge in [-0.2, -0.15) is 9.40 Å². The van der Waals surface area contributed by atoms with Crippen LogP contribution in [0.5, 0.6) is 0 Å². The summed E-state index contributed by atoms with van der Waals surface area (Å²) in [5.41, 5.74) is 5.66. The third kappa shape index (κ3) is 2.75. The van der Waals surface area contributed by atoms with Gasteiger partial charge >= 0.3 is 0 Å². The maximum Gasteiger partial charge on any atom is 0.248 e. The van der Waals surface area contributed by atoms with Crippen molar-refractivity contribution in [1.29, 1.82) is 0 Å². The van der Waals surface area contributed by atoms with Crippen molar-refractivity contribution in [3.63, 3.8) is 0 Å². The smallest absolute Gasteiger partial charge is 0.248 e. The molecule has 1 aromatic rings. The molecule has 1 fully saturated rings. The predicted octanol–water partition coefficient (Wildman–Crippen LogP) is -0.0721. The van der Waals surface area contributed by atoms with E-state index in [1.807, 2.05) is 0 Å². The second-order valence-corrected chi connectivity index (χ2v) is 6.69. The molecule has 108 valence electrons. The fourth-order valence-corrected chi connectivity index (χ4v) is 4.37. The van der Waals surface area contributed by atoms with E-state index in [-0.39, 0.29) is 29.9 Å². The molecular weight excluding hydrogens is 268 g/mol. The molecule has 1 heterocycles. The number of nitrogens with two attached hydrogens (primary N) is 1. The van der Waals surface area contributed by atoms with Crippen molar-refractivity contribution >= 4 is 15.8 Å². The lowest BCUT2D eigenvalue weighted by Crippen LogP contribution is -2.40. The van der Waals surface area contributed by atoms with Gasteiger partial charge in [0, 0.05) is 25.8 Å². The molecule has 19 heavy (non-hydrogen) atoms. The Morgan fingerprint density at radius 1 is 1.53 bits per heavy atom.